The van der Waals surface area contributed by atoms with Gasteiger partial charge < -0.3 is 5.11 Å². The zero-order valence-corrected chi connectivity index (χ0v) is 17.1. The molecular weight excluding hydrogens is 433 g/mol. The highest BCUT2D eigenvalue weighted by atomic mass is 32.2. The number of aromatic carboxylic acids is 1. The fourth-order valence-electron chi connectivity index (χ4n) is 2.94. The van der Waals surface area contributed by atoms with Gasteiger partial charge in [-0.2, -0.15) is 0 Å². The van der Waals surface area contributed by atoms with Crippen LogP contribution in [0.15, 0.2) is 78.0 Å². The standard InChI is InChI=1S/C23H14FN3O4S/c24-18-9-11-19(17(13-18)8-6-15-7-10-20(23(28)29)26-14-15)27-32(30,31)21-5-1-3-16-4-2-12-25-22(16)21/h1-5,7,9-14,27H,(H,28,29). The van der Waals surface area contributed by atoms with E-state index < -0.39 is 21.8 Å². The minimum atomic E-state index is -4.05. The average Bonchev–Trinajstić information content (AvgIpc) is 2.79. The Morgan fingerprint density at radius 2 is 1.81 bits per heavy atom. The van der Waals surface area contributed by atoms with Crippen molar-refractivity contribution in [3.63, 3.8) is 0 Å². The smallest absolute Gasteiger partial charge is 0.354 e. The predicted molar refractivity (Wildman–Crippen MR) is 116 cm³/mol. The molecule has 7 nitrogen and oxygen atoms in total. The third kappa shape index (κ3) is 4.40. The fourth-order valence-corrected chi connectivity index (χ4v) is 4.20. The Hall–Kier alpha value is -4.29. The lowest BCUT2D eigenvalue weighted by atomic mass is 10.1. The Morgan fingerprint density at radius 1 is 1.00 bits per heavy atom. The highest BCUT2D eigenvalue weighted by Gasteiger charge is 2.19. The first-order chi connectivity index (χ1) is 15.3. The van der Waals surface area contributed by atoms with Gasteiger partial charge in [0.05, 0.1) is 16.8 Å². The van der Waals surface area contributed by atoms with Crippen molar-refractivity contribution in [1.82, 2.24) is 9.97 Å². The van der Waals surface area contributed by atoms with Crippen LogP contribution in [0.25, 0.3) is 10.9 Å². The van der Waals surface area contributed by atoms with Crippen molar-refractivity contribution in [1.29, 1.82) is 0 Å². The van der Waals surface area contributed by atoms with E-state index in [1.165, 1.54) is 36.7 Å². The first kappa shape index (κ1) is 21.0. The van der Waals surface area contributed by atoms with Crippen LogP contribution in [0.2, 0.25) is 0 Å². The number of sulfonamides is 1. The number of rotatable bonds is 4. The van der Waals surface area contributed by atoms with E-state index in [2.05, 4.69) is 26.5 Å². The third-order valence-corrected chi connectivity index (χ3v) is 5.83. The molecule has 2 heterocycles. The molecule has 0 spiro atoms. The van der Waals surface area contributed by atoms with E-state index in [4.69, 9.17) is 5.11 Å². The van der Waals surface area contributed by atoms with Crippen LogP contribution < -0.4 is 4.72 Å². The molecule has 0 saturated heterocycles. The topological polar surface area (TPSA) is 109 Å². The van der Waals surface area contributed by atoms with Gasteiger partial charge in [0, 0.05) is 23.3 Å². The fraction of sp³-hybridized carbons (Fsp3) is 0. The maximum atomic E-state index is 13.8. The number of pyridine rings is 2. The molecule has 0 atom stereocenters. The summed E-state index contributed by atoms with van der Waals surface area (Å²) >= 11 is 0. The average molecular weight is 447 g/mol. The molecular formula is C23H14FN3O4S. The van der Waals surface area contributed by atoms with Gasteiger partial charge in [0.15, 0.2) is 0 Å². The molecule has 0 aliphatic heterocycles. The number of halogens is 1. The van der Waals surface area contributed by atoms with Gasteiger partial charge in [0.2, 0.25) is 0 Å². The second-order valence-electron chi connectivity index (χ2n) is 6.61. The lowest BCUT2D eigenvalue weighted by molar-refractivity contribution is 0.0690. The molecule has 9 heteroatoms. The van der Waals surface area contributed by atoms with E-state index in [-0.39, 0.29) is 21.8 Å². The number of para-hydroxylation sites is 1. The van der Waals surface area contributed by atoms with Crippen molar-refractivity contribution in [3.05, 3.63) is 95.7 Å². The number of hydrogen-bond donors (Lipinski definition) is 2. The van der Waals surface area contributed by atoms with Crippen molar-refractivity contribution in [2.24, 2.45) is 0 Å². The molecule has 0 bridgehead atoms. The van der Waals surface area contributed by atoms with Gasteiger partial charge in [-0.3, -0.25) is 9.71 Å². The minimum absolute atomic E-state index is 0.0210. The van der Waals surface area contributed by atoms with E-state index in [9.17, 15) is 17.6 Å². The predicted octanol–water partition coefficient (Wildman–Crippen LogP) is 3.67. The van der Waals surface area contributed by atoms with Gasteiger partial charge in [-0.1, -0.05) is 30.0 Å². The Kier molecular flexibility index (Phi) is 5.54. The summed E-state index contributed by atoms with van der Waals surface area (Å²) in [4.78, 5) is 18.8. The number of nitrogens with zero attached hydrogens (tertiary/aromatic N) is 2. The van der Waals surface area contributed by atoms with Crippen molar-refractivity contribution in [3.8, 4) is 11.8 Å². The molecule has 2 N–H and O–H groups in total. The van der Waals surface area contributed by atoms with Gasteiger partial charge in [-0.15, -0.1) is 0 Å². The third-order valence-electron chi connectivity index (χ3n) is 4.44. The summed E-state index contributed by atoms with van der Waals surface area (Å²) < 4.78 is 42.4. The molecule has 0 fully saturated rings. The second kappa shape index (κ2) is 8.45. The van der Waals surface area contributed by atoms with Crippen LogP contribution in [-0.4, -0.2) is 29.5 Å². The molecule has 2 aromatic heterocycles. The van der Waals surface area contributed by atoms with Gasteiger partial charge in [-0.05, 0) is 42.5 Å². The summed E-state index contributed by atoms with van der Waals surface area (Å²) in [5.74, 6) is 3.67. The van der Waals surface area contributed by atoms with E-state index in [0.29, 0.717) is 16.5 Å². The normalized spacial score (nSPS) is 10.9. The molecule has 4 rings (SSSR count). The number of hydrogen-bond acceptors (Lipinski definition) is 5. The molecule has 0 aliphatic rings. The number of nitrogens with one attached hydrogen (secondary N) is 1. The van der Waals surface area contributed by atoms with Gasteiger partial charge >= 0.3 is 5.97 Å². The molecule has 0 saturated carbocycles. The number of carbonyl (C=O) groups is 1. The second-order valence-corrected chi connectivity index (χ2v) is 8.26. The van der Waals surface area contributed by atoms with E-state index >= 15 is 0 Å². The molecule has 32 heavy (non-hydrogen) atoms. The largest absolute Gasteiger partial charge is 0.477 e. The highest BCUT2D eigenvalue weighted by Crippen LogP contribution is 2.25. The summed E-state index contributed by atoms with van der Waals surface area (Å²) in [6.07, 6.45) is 2.77. The minimum Gasteiger partial charge on any atom is -0.477 e. The van der Waals surface area contributed by atoms with Crippen LogP contribution in [0.4, 0.5) is 10.1 Å². The zero-order valence-electron chi connectivity index (χ0n) is 16.3. The molecule has 2 aromatic carbocycles. The molecule has 0 aliphatic carbocycles. The van der Waals surface area contributed by atoms with Crippen molar-refractivity contribution in [2.75, 3.05) is 4.72 Å². The quantitative estimate of drug-likeness (QED) is 0.462. The SMILES string of the molecule is O=C(O)c1ccc(C#Cc2cc(F)ccc2NS(=O)(=O)c2cccc3cccnc23)cn1. The monoisotopic (exact) mass is 447 g/mol. The Labute approximate surface area is 182 Å². The number of anilines is 1. The lowest BCUT2D eigenvalue weighted by Gasteiger charge is -2.11. The first-order valence-electron chi connectivity index (χ1n) is 9.21. The van der Waals surface area contributed by atoms with Crippen LogP contribution in [0.1, 0.15) is 21.6 Å². The summed E-state index contributed by atoms with van der Waals surface area (Å²) in [7, 11) is -4.05. The number of carboxylic acid groups (broad SMARTS) is 1. The molecule has 0 amide bonds. The Morgan fingerprint density at radius 3 is 2.56 bits per heavy atom. The Balaban J connectivity index is 1.70. The van der Waals surface area contributed by atoms with Gasteiger partial charge in [0.1, 0.15) is 16.4 Å². The van der Waals surface area contributed by atoms with E-state index in [0.717, 1.165) is 12.1 Å². The summed E-state index contributed by atoms with van der Waals surface area (Å²) in [5, 5.41) is 9.57. The van der Waals surface area contributed by atoms with Crippen LogP contribution >= 0.6 is 0 Å². The zero-order chi connectivity index (χ0) is 22.7. The molecule has 4 aromatic rings. The molecule has 158 valence electrons. The number of carboxylic acids is 1. The van der Waals surface area contributed by atoms with Crippen LogP contribution in [-0.2, 0) is 10.0 Å². The van der Waals surface area contributed by atoms with Crippen LogP contribution in [0, 0.1) is 17.7 Å². The summed E-state index contributed by atoms with van der Waals surface area (Å²) in [6.45, 7) is 0. The first-order valence-corrected chi connectivity index (χ1v) is 10.7. The van der Waals surface area contributed by atoms with Crippen molar-refractivity contribution >= 4 is 32.6 Å². The van der Waals surface area contributed by atoms with E-state index in [1.54, 1.807) is 24.3 Å². The Bertz CT molecular complexity index is 1500. The van der Waals surface area contributed by atoms with Gasteiger partial charge in [0.25, 0.3) is 10.0 Å². The van der Waals surface area contributed by atoms with Crippen molar-refractivity contribution in [2.45, 2.75) is 4.90 Å². The van der Waals surface area contributed by atoms with Crippen LogP contribution in [0.5, 0.6) is 0 Å². The maximum absolute atomic E-state index is 13.8. The number of aromatic nitrogens is 2. The number of benzene rings is 2. The van der Waals surface area contributed by atoms with Crippen molar-refractivity contribution < 1.29 is 22.7 Å². The van der Waals surface area contributed by atoms with E-state index in [1.807, 2.05) is 0 Å². The van der Waals surface area contributed by atoms with Gasteiger partial charge in [-0.25, -0.2) is 22.6 Å². The van der Waals surface area contributed by atoms with Crippen LogP contribution in [0.3, 0.4) is 0 Å². The lowest BCUT2D eigenvalue weighted by Crippen LogP contribution is -2.14. The molecule has 0 unspecified atom stereocenters. The summed E-state index contributed by atoms with van der Waals surface area (Å²) in [5.41, 5.74) is 0.734. The highest BCUT2D eigenvalue weighted by molar-refractivity contribution is 7.93. The maximum Gasteiger partial charge on any atom is 0.354 e. The number of fused-ring (bicyclic) bond motifs is 1. The summed E-state index contributed by atoms with van der Waals surface area (Å²) in [6, 6.07) is 14.5. The molecule has 0 radical (unpaired) electrons.